The first kappa shape index (κ1) is 17.2. The molecule has 1 N–H and O–H groups in total. The molecular formula is C18H17BrN2O2. The summed E-state index contributed by atoms with van der Waals surface area (Å²) in [7, 11) is 0. The Bertz CT molecular complexity index is 708. The summed E-state index contributed by atoms with van der Waals surface area (Å²) in [4.78, 5) is 13.0. The quantitative estimate of drug-likeness (QED) is 0.802. The van der Waals surface area contributed by atoms with E-state index in [1.165, 1.54) is 0 Å². The molecule has 5 heteroatoms. The van der Waals surface area contributed by atoms with Crippen molar-refractivity contribution >= 4 is 21.9 Å². The molecule has 2 rings (SSSR count). The highest BCUT2D eigenvalue weighted by Crippen LogP contribution is 2.15. The molecule has 0 atom stereocenters. The maximum absolute atomic E-state index is 10.9. The number of rotatable bonds is 7. The first-order chi connectivity index (χ1) is 11.1. The summed E-state index contributed by atoms with van der Waals surface area (Å²) in [6.45, 7) is 1.79. The van der Waals surface area contributed by atoms with Crippen molar-refractivity contribution in [2.24, 2.45) is 0 Å². The highest BCUT2D eigenvalue weighted by Gasteiger charge is 2.10. The third-order valence-corrected chi connectivity index (χ3v) is 3.92. The van der Waals surface area contributed by atoms with Gasteiger partial charge in [-0.3, -0.25) is 9.69 Å². The lowest BCUT2D eigenvalue weighted by molar-refractivity contribution is -0.137. The van der Waals surface area contributed by atoms with Gasteiger partial charge in [0.25, 0.3) is 0 Å². The minimum absolute atomic E-state index is 0.101. The molecule has 0 saturated carbocycles. The van der Waals surface area contributed by atoms with Crippen LogP contribution in [0.5, 0.6) is 0 Å². The van der Waals surface area contributed by atoms with Crippen LogP contribution in [-0.2, 0) is 17.9 Å². The van der Waals surface area contributed by atoms with Gasteiger partial charge in [-0.05, 0) is 35.4 Å². The largest absolute Gasteiger partial charge is 0.481 e. The van der Waals surface area contributed by atoms with Gasteiger partial charge in [0.05, 0.1) is 18.1 Å². The van der Waals surface area contributed by atoms with Gasteiger partial charge < -0.3 is 5.11 Å². The highest BCUT2D eigenvalue weighted by atomic mass is 79.9. The van der Waals surface area contributed by atoms with Crippen LogP contribution in [0.15, 0.2) is 53.0 Å². The number of carboxylic acid groups (broad SMARTS) is 1. The summed E-state index contributed by atoms with van der Waals surface area (Å²) in [5.74, 6) is -0.802. The smallest absolute Gasteiger partial charge is 0.304 e. The van der Waals surface area contributed by atoms with Crippen LogP contribution in [0.1, 0.15) is 23.1 Å². The van der Waals surface area contributed by atoms with E-state index < -0.39 is 5.97 Å². The van der Waals surface area contributed by atoms with Crippen molar-refractivity contribution in [3.05, 3.63) is 69.7 Å². The first-order valence-corrected chi connectivity index (χ1v) is 8.04. The van der Waals surface area contributed by atoms with Crippen molar-refractivity contribution < 1.29 is 9.90 Å². The number of aliphatic carboxylic acids is 1. The van der Waals surface area contributed by atoms with E-state index in [9.17, 15) is 4.79 Å². The number of hydrogen-bond acceptors (Lipinski definition) is 3. The molecule has 0 spiro atoms. The predicted octanol–water partition coefficient (Wildman–Crippen LogP) is 3.80. The number of hydrogen-bond donors (Lipinski definition) is 1. The Kier molecular flexibility index (Phi) is 6.33. The highest BCUT2D eigenvalue weighted by molar-refractivity contribution is 9.10. The van der Waals surface area contributed by atoms with E-state index in [1.54, 1.807) is 12.1 Å². The molecular weight excluding hydrogens is 356 g/mol. The summed E-state index contributed by atoms with van der Waals surface area (Å²) < 4.78 is 1.01. The zero-order valence-corrected chi connectivity index (χ0v) is 14.2. The lowest BCUT2D eigenvalue weighted by Gasteiger charge is -2.22. The van der Waals surface area contributed by atoms with E-state index in [4.69, 9.17) is 10.4 Å². The van der Waals surface area contributed by atoms with Crippen molar-refractivity contribution in [2.75, 3.05) is 6.54 Å². The molecule has 0 radical (unpaired) electrons. The van der Waals surface area contributed by atoms with Crippen LogP contribution in [0, 0.1) is 11.3 Å². The van der Waals surface area contributed by atoms with E-state index in [2.05, 4.69) is 26.9 Å². The Balaban J connectivity index is 2.09. The molecule has 0 heterocycles. The van der Waals surface area contributed by atoms with Gasteiger partial charge in [-0.2, -0.15) is 5.26 Å². The summed E-state index contributed by atoms with van der Waals surface area (Å²) in [5, 5.41) is 17.8. The van der Waals surface area contributed by atoms with Crippen LogP contribution in [0.25, 0.3) is 0 Å². The van der Waals surface area contributed by atoms with E-state index >= 15 is 0 Å². The zero-order chi connectivity index (χ0) is 16.7. The third kappa shape index (κ3) is 5.85. The van der Waals surface area contributed by atoms with Crippen molar-refractivity contribution in [1.82, 2.24) is 4.90 Å². The maximum atomic E-state index is 10.9. The fraction of sp³-hybridized carbons (Fsp3) is 0.222. The normalized spacial score (nSPS) is 10.5. The molecule has 2 aromatic rings. The van der Waals surface area contributed by atoms with Gasteiger partial charge in [0.15, 0.2) is 0 Å². The SMILES string of the molecule is N#Cc1ccc(CN(CCC(=O)O)Cc2cccc(Br)c2)cc1. The number of benzene rings is 2. The first-order valence-electron chi connectivity index (χ1n) is 7.24. The number of nitriles is 1. The lowest BCUT2D eigenvalue weighted by atomic mass is 10.1. The number of carboxylic acids is 1. The Labute approximate surface area is 144 Å². The van der Waals surface area contributed by atoms with Gasteiger partial charge in [-0.25, -0.2) is 0 Å². The van der Waals surface area contributed by atoms with E-state index in [0.717, 1.165) is 15.6 Å². The second-order valence-corrected chi connectivity index (χ2v) is 6.21. The van der Waals surface area contributed by atoms with Crippen LogP contribution >= 0.6 is 15.9 Å². The summed E-state index contributed by atoms with van der Waals surface area (Å²) in [6.07, 6.45) is 0.101. The van der Waals surface area contributed by atoms with Gasteiger partial charge in [0, 0.05) is 24.1 Å². The van der Waals surface area contributed by atoms with Crippen molar-refractivity contribution in [2.45, 2.75) is 19.5 Å². The average Bonchev–Trinajstić information content (AvgIpc) is 2.53. The van der Waals surface area contributed by atoms with Crippen molar-refractivity contribution in [1.29, 1.82) is 5.26 Å². The number of halogens is 1. The zero-order valence-electron chi connectivity index (χ0n) is 12.6. The van der Waals surface area contributed by atoms with Gasteiger partial charge in [-0.15, -0.1) is 0 Å². The van der Waals surface area contributed by atoms with Gasteiger partial charge >= 0.3 is 5.97 Å². The fourth-order valence-electron chi connectivity index (χ4n) is 2.30. The van der Waals surface area contributed by atoms with E-state index in [0.29, 0.717) is 25.2 Å². The monoisotopic (exact) mass is 372 g/mol. The minimum atomic E-state index is -0.802. The molecule has 23 heavy (non-hydrogen) atoms. The molecule has 2 aromatic carbocycles. The molecule has 0 unspecified atom stereocenters. The van der Waals surface area contributed by atoms with Crippen LogP contribution in [0.3, 0.4) is 0 Å². The molecule has 0 aromatic heterocycles. The van der Waals surface area contributed by atoms with E-state index in [-0.39, 0.29) is 6.42 Å². The third-order valence-electron chi connectivity index (χ3n) is 3.43. The van der Waals surface area contributed by atoms with Gasteiger partial charge in [-0.1, -0.05) is 40.2 Å². The summed E-state index contributed by atoms with van der Waals surface area (Å²) in [5.41, 5.74) is 2.81. The molecule has 0 aliphatic heterocycles. The molecule has 4 nitrogen and oxygen atoms in total. The minimum Gasteiger partial charge on any atom is -0.481 e. The molecule has 0 bridgehead atoms. The topological polar surface area (TPSA) is 64.3 Å². The molecule has 0 aliphatic carbocycles. The van der Waals surface area contributed by atoms with Crippen LogP contribution in [0.4, 0.5) is 0 Å². The van der Waals surface area contributed by atoms with Crippen LogP contribution in [-0.4, -0.2) is 22.5 Å². The van der Waals surface area contributed by atoms with Crippen LogP contribution in [0.2, 0.25) is 0 Å². The molecule has 0 aliphatic rings. The molecule has 118 valence electrons. The number of carbonyl (C=O) groups is 1. The molecule has 0 saturated heterocycles. The average molecular weight is 373 g/mol. The van der Waals surface area contributed by atoms with Crippen molar-refractivity contribution in [3.63, 3.8) is 0 Å². The van der Waals surface area contributed by atoms with Crippen LogP contribution < -0.4 is 0 Å². The number of nitrogens with zero attached hydrogens (tertiary/aromatic N) is 2. The standard InChI is InChI=1S/C18H17BrN2O2/c19-17-3-1-2-16(10-17)13-21(9-8-18(22)23)12-15-6-4-14(11-20)5-7-15/h1-7,10H,8-9,12-13H2,(H,22,23). The summed E-state index contributed by atoms with van der Waals surface area (Å²) in [6, 6.07) is 17.5. The Morgan fingerprint density at radius 1 is 1.13 bits per heavy atom. The second-order valence-electron chi connectivity index (χ2n) is 5.29. The second kappa shape index (κ2) is 8.47. The van der Waals surface area contributed by atoms with E-state index in [1.807, 2.05) is 36.4 Å². The maximum Gasteiger partial charge on any atom is 0.304 e. The Hall–Kier alpha value is -2.16. The fourth-order valence-corrected chi connectivity index (χ4v) is 2.75. The molecule has 0 fully saturated rings. The van der Waals surface area contributed by atoms with Gasteiger partial charge in [0.2, 0.25) is 0 Å². The molecule has 0 amide bonds. The Morgan fingerprint density at radius 3 is 2.43 bits per heavy atom. The van der Waals surface area contributed by atoms with Gasteiger partial charge in [0.1, 0.15) is 0 Å². The predicted molar refractivity (Wildman–Crippen MR) is 91.7 cm³/mol. The summed E-state index contributed by atoms with van der Waals surface area (Å²) >= 11 is 3.45. The lowest BCUT2D eigenvalue weighted by Crippen LogP contribution is -2.25. The van der Waals surface area contributed by atoms with Crippen molar-refractivity contribution in [3.8, 4) is 6.07 Å². The Morgan fingerprint density at radius 2 is 1.83 bits per heavy atom.